The summed E-state index contributed by atoms with van der Waals surface area (Å²) in [7, 11) is 0. The van der Waals surface area contributed by atoms with Crippen LogP contribution in [0.15, 0.2) is 30.3 Å². The minimum Gasteiger partial charge on any atom is -0.345 e. The Kier molecular flexibility index (Phi) is 3.57. The van der Waals surface area contributed by atoms with Gasteiger partial charge in [-0.3, -0.25) is 4.79 Å². The quantitative estimate of drug-likeness (QED) is 0.803. The van der Waals surface area contributed by atoms with E-state index < -0.39 is 0 Å². The molecule has 3 rings (SSSR count). The lowest BCUT2D eigenvalue weighted by Crippen LogP contribution is -2.26. The van der Waals surface area contributed by atoms with Gasteiger partial charge in [-0.2, -0.15) is 0 Å². The van der Waals surface area contributed by atoms with E-state index >= 15 is 0 Å². The molecule has 2 aromatic rings. The molecule has 1 aliphatic heterocycles. The molecule has 0 aliphatic carbocycles. The highest BCUT2D eigenvalue weighted by atomic mass is 32.1. The predicted octanol–water partition coefficient (Wildman–Crippen LogP) is 3.86. The Morgan fingerprint density at radius 2 is 2.05 bits per heavy atom. The summed E-state index contributed by atoms with van der Waals surface area (Å²) in [6, 6.07) is 10.4. The van der Waals surface area contributed by atoms with Crippen LogP contribution in [0.1, 0.15) is 29.9 Å². The molecule has 20 heavy (non-hydrogen) atoms. The van der Waals surface area contributed by atoms with Gasteiger partial charge in [-0.15, -0.1) is 0 Å². The number of carbonyl (C=O) groups is 1. The van der Waals surface area contributed by atoms with E-state index in [0.717, 1.165) is 34.1 Å². The number of anilines is 1. The fourth-order valence-electron chi connectivity index (χ4n) is 2.89. The molecule has 3 nitrogen and oxygen atoms in total. The van der Waals surface area contributed by atoms with Crippen molar-refractivity contribution in [3.63, 3.8) is 0 Å². The molecule has 0 radical (unpaired) electrons. The van der Waals surface area contributed by atoms with E-state index in [1.807, 2.05) is 30.3 Å². The summed E-state index contributed by atoms with van der Waals surface area (Å²) in [6.45, 7) is 5.53. The molecule has 0 amide bonds. The van der Waals surface area contributed by atoms with E-state index in [4.69, 9.17) is 4.98 Å². The molecule has 1 fully saturated rings. The van der Waals surface area contributed by atoms with Crippen LogP contribution in [0.5, 0.6) is 0 Å². The number of aromatic nitrogens is 1. The van der Waals surface area contributed by atoms with E-state index in [0.29, 0.717) is 12.0 Å². The second kappa shape index (κ2) is 5.37. The standard InChI is InChI=1S/C16H18N2OS/c1-11-8-12(2)18(9-11)16-17-15(14(10-19)20-16)13-6-4-3-5-7-13/h3-7,10-12H,8-9H2,1-2H3. The van der Waals surface area contributed by atoms with E-state index in [-0.39, 0.29) is 0 Å². The molecule has 0 spiro atoms. The Bertz CT molecular complexity index is 608. The Hall–Kier alpha value is -1.68. The number of hydrogen-bond acceptors (Lipinski definition) is 4. The number of carbonyl (C=O) groups excluding carboxylic acids is 1. The maximum absolute atomic E-state index is 11.3. The van der Waals surface area contributed by atoms with Crippen molar-refractivity contribution in [3.05, 3.63) is 35.2 Å². The highest BCUT2D eigenvalue weighted by molar-refractivity contribution is 7.17. The number of hydrogen-bond donors (Lipinski definition) is 0. The van der Waals surface area contributed by atoms with Crippen molar-refractivity contribution in [3.8, 4) is 11.3 Å². The topological polar surface area (TPSA) is 33.2 Å². The van der Waals surface area contributed by atoms with E-state index in [9.17, 15) is 4.79 Å². The van der Waals surface area contributed by atoms with E-state index in [1.54, 1.807) is 0 Å². The molecule has 104 valence electrons. The van der Waals surface area contributed by atoms with Gasteiger partial charge in [0.1, 0.15) is 0 Å². The summed E-state index contributed by atoms with van der Waals surface area (Å²) in [6.07, 6.45) is 2.12. The first-order valence-electron chi connectivity index (χ1n) is 6.97. The van der Waals surface area contributed by atoms with Gasteiger partial charge >= 0.3 is 0 Å². The number of nitrogens with zero attached hydrogens (tertiary/aromatic N) is 2. The van der Waals surface area contributed by atoms with Crippen molar-refractivity contribution in [1.82, 2.24) is 4.98 Å². The molecule has 1 saturated heterocycles. The Morgan fingerprint density at radius 3 is 2.65 bits per heavy atom. The fourth-order valence-corrected chi connectivity index (χ4v) is 3.91. The van der Waals surface area contributed by atoms with Gasteiger partial charge in [-0.1, -0.05) is 48.6 Å². The van der Waals surface area contributed by atoms with Gasteiger partial charge in [0.05, 0.1) is 10.6 Å². The molecule has 0 saturated carbocycles. The van der Waals surface area contributed by atoms with Crippen LogP contribution in [0.2, 0.25) is 0 Å². The minimum absolute atomic E-state index is 0.499. The maximum Gasteiger partial charge on any atom is 0.186 e. The average Bonchev–Trinajstić information content (AvgIpc) is 3.02. The Labute approximate surface area is 123 Å². The van der Waals surface area contributed by atoms with Crippen molar-refractivity contribution in [1.29, 1.82) is 0 Å². The molecule has 1 aromatic heterocycles. The first-order valence-corrected chi connectivity index (χ1v) is 7.78. The van der Waals surface area contributed by atoms with Crippen LogP contribution < -0.4 is 4.90 Å². The molecular formula is C16H18N2OS. The molecule has 4 heteroatoms. The summed E-state index contributed by atoms with van der Waals surface area (Å²) < 4.78 is 0. The van der Waals surface area contributed by atoms with E-state index in [1.165, 1.54) is 17.8 Å². The Balaban J connectivity index is 1.99. The molecule has 0 N–H and O–H groups in total. The van der Waals surface area contributed by atoms with Gasteiger partial charge in [0.25, 0.3) is 0 Å². The first kappa shape index (κ1) is 13.3. The van der Waals surface area contributed by atoms with Crippen LogP contribution in [-0.4, -0.2) is 23.9 Å². The van der Waals surface area contributed by atoms with E-state index in [2.05, 4.69) is 18.7 Å². The maximum atomic E-state index is 11.3. The predicted molar refractivity (Wildman–Crippen MR) is 83.5 cm³/mol. The van der Waals surface area contributed by atoms with Gasteiger partial charge in [0, 0.05) is 18.2 Å². The largest absolute Gasteiger partial charge is 0.345 e. The molecule has 1 aliphatic rings. The molecular weight excluding hydrogens is 268 g/mol. The summed E-state index contributed by atoms with van der Waals surface area (Å²) in [5, 5.41) is 0.975. The van der Waals surface area contributed by atoms with Crippen molar-refractivity contribution in [2.45, 2.75) is 26.3 Å². The smallest absolute Gasteiger partial charge is 0.186 e. The lowest BCUT2D eigenvalue weighted by molar-refractivity contribution is 0.112. The number of thiazole rings is 1. The summed E-state index contributed by atoms with van der Waals surface area (Å²) in [5.74, 6) is 0.689. The third-order valence-corrected chi connectivity index (χ3v) is 4.84. The van der Waals surface area contributed by atoms with Gasteiger partial charge in [0.15, 0.2) is 11.4 Å². The van der Waals surface area contributed by atoms with Crippen LogP contribution in [-0.2, 0) is 0 Å². The minimum atomic E-state index is 0.499. The normalized spacial score (nSPS) is 22.2. The summed E-state index contributed by atoms with van der Waals surface area (Å²) >= 11 is 1.50. The van der Waals surface area contributed by atoms with Crippen LogP contribution in [0.4, 0.5) is 5.13 Å². The molecule has 2 atom stereocenters. The van der Waals surface area contributed by atoms with Crippen molar-refractivity contribution >= 4 is 22.8 Å². The van der Waals surface area contributed by atoms with Gasteiger partial charge in [-0.05, 0) is 19.3 Å². The van der Waals surface area contributed by atoms with Crippen molar-refractivity contribution in [2.24, 2.45) is 5.92 Å². The van der Waals surface area contributed by atoms with Gasteiger partial charge in [0.2, 0.25) is 0 Å². The highest BCUT2D eigenvalue weighted by Gasteiger charge is 2.29. The third kappa shape index (κ3) is 2.36. The summed E-state index contributed by atoms with van der Waals surface area (Å²) in [5.41, 5.74) is 1.82. The average molecular weight is 286 g/mol. The molecule has 0 bridgehead atoms. The lowest BCUT2D eigenvalue weighted by atomic mass is 10.1. The zero-order valence-electron chi connectivity index (χ0n) is 11.7. The van der Waals surface area contributed by atoms with Crippen LogP contribution in [0, 0.1) is 5.92 Å². The first-order chi connectivity index (χ1) is 9.69. The summed E-state index contributed by atoms with van der Waals surface area (Å²) in [4.78, 5) is 19.1. The molecule has 1 aromatic carbocycles. The lowest BCUT2D eigenvalue weighted by Gasteiger charge is -2.19. The van der Waals surface area contributed by atoms with Crippen LogP contribution in [0.25, 0.3) is 11.3 Å². The number of rotatable bonds is 3. The number of benzene rings is 1. The fraction of sp³-hybridized carbons (Fsp3) is 0.375. The van der Waals surface area contributed by atoms with Gasteiger partial charge < -0.3 is 4.90 Å². The highest BCUT2D eigenvalue weighted by Crippen LogP contribution is 2.36. The zero-order valence-corrected chi connectivity index (χ0v) is 12.6. The molecule has 2 heterocycles. The zero-order chi connectivity index (χ0) is 14.1. The monoisotopic (exact) mass is 286 g/mol. The molecule has 2 unspecified atom stereocenters. The third-order valence-electron chi connectivity index (χ3n) is 3.83. The second-order valence-electron chi connectivity index (χ2n) is 5.54. The SMILES string of the molecule is CC1CC(C)N(c2nc(-c3ccccc3)c(C=O)s2)C1. The Morgan fingerprint density at radius 1 is 1.30 bits per heavy atom. The van der Waals surface area contributed by atoms with Crippen LogP contribution in [0.3, 0.4) is 0 Å². The number of aldehydes is 1. The van der Waals surface area contributed by atoms with Crippen molar-refractivity contribution in [2.75, 3.05) is 11.4 Å². The van der Waals surface area contributed by atoms with Crippen LogP contribution >= 0.6 is 11.3 Å². The second-order valence-corrected chi connectivity index (χ2v) is 6.54. The van der Waals surface area contributed by atoms with Gasteiger partial charge in [-0.25, -0.2) is 4.98 Å². The van der Waals surface area contributed by atoms with Crippen molar-refractivity contribution < 1.29 is 4.79 Å².